The quantitative estimate of drug-likeness (QED) is 0.344. The number of sulfonamides is 1. The Kier molecular flexibility index (Phi) is 7.48. The second kappa shape index (κ2) is 10.6. The predicted molar refractivity (Wildman–Crippen MR) is 138 cm³/mol. The van der Waals surface area contributed by atoms with E-state index in [-0.39, 0.29) is 23.5 Å². The van der Waals surface area contributed by atoms with Crippen LogP contribution in [0.1, 0.15) is 21.5 Å². The van der Waals surface area contributed by atoms with Crippen molar-refractivity contribution in [2.75, 3.05) is 14.2 Å². The number of methoxy groups -OCH3 is 1. The zero-order valence-corrected chi connectivity index (χ0v) is 21.7. The topological polar surface area (TPSA) is 98.0 Å². The third-order valence-electron chi connectivity index (χ3n) is 5.61. The molecule has 0 radical (unpaired) electrons. The van der Waals surface area contributed by atoms with Gasteiger partial charge >= 0.3 is 5.97 Å². The van der Waals surface area contributed by atoms with Gasteiger partial charge in [-0.25, -0.2) is 8.42 Å². The van der Waals surface area contributed by atoms with Crippen LogP contribution < -0.4 is 4.80 Å². The molecule has 4 aromatic rings. The van der Waals surface area contributed by atoms with Crippen LogP contribution >= 0.6 is 11.3 Å². The number of hydrogen-bond acceptors (Lipinski definition) is 6. The van der Waals surface area contributed by atoms with Crippen molar-refractivity contribution in [1.29, 1.82) is 0 Å². The number of aromatic nitrogens is 1. The molecule has 1 aromatic heterocycles. The summed E-state index contributed by atoms with van der Waals surface area (Å²) in [4.78, 5) is 29.6. The smallest absolute Gasteiger partial charge is 0.325 e. The Morgan fingerprint density at radius 1 is 1.03 bits per heavy atom. The van der Waals surface area contributed by atoms with E-state index in [9.17, 15) is 18.0 Å². The van der Waals surface area contributed by atoms with Crippen LogP contribution in [0.4, 0.5) is 0 Å². The normalized spacial score (nSPS) is 12.3. The molecule has 0 saturated carbocycles. The molecule has 0 saturated heterocycles. The van der Waals surface area contributed by atoms with Crippen LogP contribution in [0.15, 0.2) is 82.7 Å². The van der Waals surface area contributed by atoms with Gasteiger partial charge in [-0.15, -0.1) is 0 Å². The van der Waals surface area contributed by atoms with E-state index >= 15 is 0 Å². The molecule has 0 aliphatic heterocycles. The monoisotopic (exact) mass is 523 g/mol. The summed E-state index contributed by atoms with van der Waals surface area (Å²) in [6, 6.07) is 20.7. The fourth-order valence-electron chi connectivity index (χ4n) is 3.64. The fourth-order valence-corrected chi connectivity index (χ4v) is 5.92. The largest absolute Gasteiger partial charge is 0.468 e. The molecule has 36 heavy (non-hydrogen) atoms. The van der Waals surface area contributed by atoms with Gasteiger partial charge in [-0.1, -0.05) is 47.7 Å². The van der Waals surface area contributed by atoms with Crippen molar-refractivity contribution in [3.05, 3.63) is 94.3 Å². The number of fused-ring (bicyclic) bond motifs is 1. The number of esters is 1. The van der Waals surface area contributed by atoms with Crippen LogP contribution in [0.3, 0.4) is 0 Å². The van der Waals surface area contributed by atoms with Gasteiger partial charge in [0.15, 0.2) is 4.80 Å². The molecule has 4 rings (SSSR count). The van der Waals surface area contributed by atoms with Gasteiger partial charge in [0, 0.05) is 19.2 Å². The van der Waals surface area contributed by atoms with Crippen molar-refractivity contribution in [2.24, 2.45) is 4.99 Å². The maximum absolute atomic E-state index is 13.0. The molecule has 0 bridgehead atoms. The van der Waals surface area contributed by atoms with E-state index in [1.807, 2.05) is 55.5 Å². The van der Waals surface area contributed by atoms with Crippen LogP contribution in [-0.4, -0.2) is 43.3 Å². The van der Waals surface area contributed by atoms with Crippen molar-refractivity contribution >= 4 is 43.5 Å². The van der Waals surface area contributed by atoms with E-state index < -0.39 is 21.9 Å². The van der Waals surface area contributed by atoms with Crippen LogP contribution in [0.25, 0.3) is 10.2 Å². The molecular formula is C26H25N3O5S2. The third-order valence-corrected chi connectivity index (χ3v) is 8.47. The summed E-state index contributed by atoms with van der Waals surface area (Å²) in [5.74, 6) is -1.00. The van der Waals surface area contributed by atoms with Crippen LogP contribution in [0, 0.1) is 6.92 Å². The summed E-state index contributed by atoms with van der Waals surface area (Å²) in [7, 11) is -0.929. The van der Waals surface area contributed by atoms with Crippen molar-refractivity contribution < 1.29 is 22.7 Å². The summed E-state index contributed by atoms with van der Waals surface area (Å²) >= 11 is 1.29. The zero-order chi connectivity index (χ0) is 25.9. The average Bonchev–Trinajstić information content (AvgIpc) is 3.19. The molecule has 0 fully saturated rings. The van der Waals surface area contributed by atoms with E-state index in [0.717, 1.165) is 21.3 Å². The summed E-state index contributed by atoms with van der Waals surface area (Å²) in [5.41, 5.74) is 2.91. The summed E-state index contributed by atoms with van der Waals surface area (Å²) in [5, 5.41) is 0. The molecule has 1 heterocycles. The first-order valence-electron chi connectivity index (χ1n) is 11.1. The average molecular weight is 524 g/mol. The van der Waals surface area contributed by atoms with Gasteiger partial charge in [0.05, 0.1) is 22.2 Å². The minimum absolute atomic E-state index is 0.0792. The van der Waals surface area contributed by atoms with Gasteiger partial charge in [0.1, 0.15) is 6.54 Å². The van der Waals surface area contributed by atoms with Crippen LogP contribution in [0.5, 0.6) is 0 Å². The second-order valence-corrected chi connectivity index (χ2v) is 11.3. The minimum atomic E-state index is -3.75. The predicted octanol–water partition coefficient (Wildman–Crippen LogP) is 3.75. The molecule has 8 nitrogen and oxygen atoms in total. The highest BCUT2D eigenvalue weighted by atomic mass is 32.2. The Morgan fingerprint density at radius 2 is 1.72 bits per heavy atom. The number of ether oxygens (including phenoxy) is 1. The van der Waals surface area contributed by atoms with Crippen molar-refractivity contribution in [1.82, 2.24) is 8.87 Å². The van der Waals surface area contributed by atoms with Gasteiger partial charge in [-0.3, -0.25) is 9.59 Å². The summed E-state index contributed by atoms with van der Waals surface area (Å²) in [6.45, 7) is 2.10. The van der Waals surface area contributed by atoms with E-state index in [1.165, 1.54) is 54.1 Å². The molecule has 0 unspecified atom stereocenters. The van der Waals surface area contributed by atoms with Crippen molar-refractivity contribution in [3.63, 3.8) is 0 Å². The van der Waals surface area contributed by atoms with Crippen molar-refractivity contribution in [3.8, 4) is 0 Å². The highest BCUT2D eigenvalue weighted by Gasteiger charge is 2.21. The Hall–Kier alpha value is -3.60. The molecular weight excluding hydrogens is 498 g/mol. The Balaban J connectivity index is 1.62. The Labute approximate surface area is 213 Å². The summed E-state index contributed by atoms with van der Waals surface area (Å²) < 4.78 is 34.6. The Bertz CT molecular complexity index is 1590. The zero-order valence-electron chi connectivity index (χ0n) is 20.0. The number of thiazole rings is 1. The van der Waals surface area contributed by atoms with Gasteiger partial charge in [0.25, 0.3) is 5.91 Å². The van der Waals surface area contributed by atoms with Gasteiger partial charge in [-0.2, -0.15) is 9.30 Å². The number of rotatable bonds is 7. The lowest BCUT2D eigenvalue weighted by Gasteiger charge is -2.17. The molecule has 3 aromatic carbocycles. The maximum atomic E-state index is 13.0. The molecule has 1 amide bonds. The molecule has 0 spiro atoms. The van der Waals surface area contributed by atoms with Crippen LogP contribution in [0.2, 0.25) is 0 Å². The van der Waals surface area contributed by atoms with Gasteiger partial charge < -0.3 is 9.30 Å². The Morgan fingerprint density at radius 3 is 2.39 bits per heavy atom. The number of amides is 1. The molecule has 0 aliphatic rings. The van der Waals surface area contributed by atoms with E-state index in [1.54, 1.807) is 4.57 Å². The van der Waals surface area contributed by atoms with Crippen LogP contribution in [-0.2, 0) is 32.6 Å². The second-order valence-electron chi connectivity index (χ2n) is 8.21. The lowest BCUT2D eigenvalue weighted by Crippen LogP contribution is -2.26. The molecule has 0 aliphatic carbocycles. The van der Waals surface area contributed by atoms with E-state index in [4.69, 9.17) is 4.74 Å². The van der Waals surface area contributed by atoms with Gasteiger partial charge in [-0.05, 0) is 54.4 Å². The minimum Gasteiger partial charge on any atom is -0.468 e. The molecule has 186 valence electrons. The first kappa shape index (κ1) is 25.5. The highest BCUT2D eigenvalue weighted by molar-refractivity contribution is 7.89. The number of carbonyl (C=O) groups is 2. The number of nitrogens with zero attached hydrogens (tertiary/aromatic N) is 3. The number of benzene rings is 3. The van der Waals surface area contributed by atoms with E-state index in [0.29, 0.717) is 4.80 Å². The molecule has 0 N–H and O–H groups in total. The number of carbonyl (C=O) groups excluding carboxylic acids is 2. The van der Waals surface area contributed by atoms with Crippen molar-refractivity contribution in [2.45, 2.75) is 24.9 Å². The maximum Gasteiger partial charge on any atom is 0.325 e. The lowest BCUT2D eigenvalue weighted by atomic mass is 10.2. The first-order chi connectivity index (χ1) is 17.2. The fraction of sp³-hybridized carbons (Fsp3) is 0.192. The standard InChI is InChI=1S/C26H25N3O5S2/c1-18-9-14-22-23(15-18)35-26(29(22)17-24(30)34-3)27-25(31)20-10-12-21(13-11-20)36(32,33)28(2)16-19-7-5-4-6-8-19/h4-15H,16-17H2,1-3H3. The van der Waals surface area contributed by atoms with Gasteiger partial charge in [0.2, 0.25) is 10.0 Å². The lowest BCUT2D eigenvalue weighted by molar-refractivity contribution is -0.141. The van der Waals surface area contributed by atoms with E-state index in [2.05, 4.69) is 4.99 Å². The first-order valence-corrected chi connectivity index (χ1v) is 13.3. The third kappa shape index (κ3) is 5.46. The highest BCUT2D eigenvalue weighted by Crippen LogP contribution is 2.20. The number of hydrogen-bond donors (Lipinski definition) is 0. The summed E-state index contributed by atoms with van der Waals surface area (Å²) in [6.07, 6.45) is 0. The number of aryl methyl sites for hydroxylation is 1. The SMILES string of the molecule is COC(=O)Cn1c(=NC(=O)c2ccc(S(=O)(=O)N(C)Cc3ccccc3)cc2)sc2cc(C)ccc21. The molecule has 0 atom stereocenters. The molecule has 10 heteroatoms.